The Bertz CT molecular complexity index is 1320. The molecule has 2 aromatic heterocycles. The third-order valence-corrected chi connectivity index (χ3v) is 5.12. The van der Waals surface area contributed by atoms with Crippen molar-refractivity contribution in [2.24, 2.45) is 7.05 Å². The molecule has 1 unspecified atom stereocenters. The van der Waals surface area contributed by atoms with E-state index in [0.717, 1.165) is 27.8 Å². The number of hydrogen-bond donors (Lipinski definition) is 1. The summed E-state index contributed by atoms with van der Waals surface area (Å²) >= 11 is 0. The van der Waals surface area contributed by atoms with Gasteiger partial charge in [0, 0.05) is 30.9 Å². The average Bonchev–Trinajstić information content (AvgIpc) is 3.43. The van der Waals surface area contributed by atoms with E-state index in [1.807, 2.05) is 48.3 Å². The predicted octanol–water partition coefficient (Wildman–Crippen LogP) is 3.09. The van der Waals surface area contributed by atoms with E-state index >= 15 is 0 Å². The molecule has 0 fully saturated rings. The number of carbonyl (C=O) groups is 1. The van der Waals surface area contributed by atoms with Gasteiger partial charge in [-0.05, 0) is 24.6 Å². The molecule has 2 aromatic carbocycles. The zero-order valence-corrected chi connectivity index (χ0v) is 18.2. The summed E-state index contributed by atoms with van der Waals surface area (Å²) in [5, 5.41) is 15.8. The quantitative estimate of drug-likeness (QED) is 0.504. The highest BCUT2D eigenvalue weighted by Crippen LogP contribution is 2.34. The standard InChI is InChI=1S/C23H22N6O3/c1-14(10-24)27-23(30)22-20(31-3)8-17(9-21(22)32-4)29-13-25-18-7-15(5-6-19(18)29)16-11-26-28(2)12-16/h5-9,11-14H,1-4H3,(H,27,30). The third kappa shape index (κ3) is 3.74. The molecule has 0 bridgehead atoms. The van der Waals surface area contributed by atoms with Crippen molar-refractivity contribution in [1.29, 1.82) is 5.26 Å². The second-order valence-corrected chi connectivity index (χ2v) is 7.27. The molecule has 9 nitrogen and oxygen atoms in total. The number of hydrogen-bond acceptors (Lipinski definition) is 6. The first-order chi connectivity index (χ1) is 15.4. The first-order valence-electron chi connectivity index (χ1n) is 9.88. The number of aryl methyl sites for hydroxylation is 1. The van der Waals surface area contributed by atoms with Crippen molar-refractivity contribution in [1.82, 2.24) is 24.6 Å². The highest BCUT2D eigenvalue weighted by molar-refractivity contribution is 6.00. The van der Waals surface area contributed by atoms with Crippen molar-refractivity contribution >= 4 is 16.9 Å². The summed E-state index contributed by atoms with van der Waals surface area (Å²) < 4.78 is 14.6. The van der Waals surface area contributed by atoms with E-state index in [-0.39, 0.29) is 5.56 Å². The van der Waals surface area contributed by atoms with E-state index in [2.05, 4.69) is 15.4 Å². The van der Waals surface area contributed by atoms with Crippen LogP contribution >= 0.6 is 0 Å². The Morgan fingerprint density at radius 1 is 1.16 bits per heavy atom. The molecule has 1 atom stereocenters. The van der Waals surface area contributed by atoms with Crippen molar-refractivity contribution < 1.29 is 14.3 Å². The van der Waals surface area contributed by atoms with Crippen LogP contribution in [0.4, 0.5) is 0 Å². The van der Waals surface area contributed by atoms with Crippen LogP contribution in [0.5, 0.6) is 11.5 Å². The summed E-state index contributed by atoms with van der Waals surface area (Å²) in [5.41, 5.74) is 4.68. The van der Waals surface area contributed by atoms with Gasteiger partial charge in [0.25, 0.3) is 5.91 Å². The van der Waals surface area contributed by atoms with Crippen LogP contribution < -0.4 is 14.8 Å². The molecule has 0 aliphatic carbocycles. The van der Waals surface area contributed by atoms with Crippen LogP contribution in [-0.4, -0.2) is 45.5 Å². The first kappa shape index (κ1) is 20.9. The molecule has 162 valence electrons. The third-order valence-electron chi connectivity index (χ3n) is 5.12. The number of amides is 1. The van der Waals surface area contributed by atoms with Gasteiger partial charge in [0.05, 0.1) is 43.2 Å². The lowest BCUT2D eigenvalue weighted by Crippen LogP contribution is -2.32. The van der Waals surface area contributed by atoms with Gasteiger partial charge in [-0.3, -0.25) is 14.0 Å². The number of nitriles is 1. The minimum Gasteiger partial charge on any atom is -0.496 e. The molecular weight excluding hydrogens is 408 g/mol. The largest absolute Gasteiger partial charge is 0.496 e. The molecule has 1 N–H and O–H groups in total. The van der Waals surface area contributed by atoms with Crippen molar-refractivity contribution in [3.8, 4) is 34.4 Å². The molecule has 0 saturated carbocycles. The number of methoxy groups -OCH3 is 2. The number of nitrogens with one attached hydrogen (secondary N) is 1. The van der Waals surface area contributed by atoms with E-state index in [1.54, 1.807) is 30.1 Å². The fourth-order valence-electron chi connectivity index (χ4n) is 3.53. The first-order valence-corrected chi connectivity index (χ1v) is 9.88. The average molecular weight is 430 g/mol. The summed E-state index contributed by atoms with van der Waals surface area (Å²) in [7, 11) is 4.84. The van der Waals surface area contributed by atoms with E-state index in [1.165, 1.54) is 14.2 Å². The van der Waals surface area contributed by atoms with E-state index in [9.17, 15) is 4.79 Å². The number of fused-ring (bicyclic) bond motifs is 1. The van der Waals surface area contributed by atoms with Crippen molar-refractivity contribution in [3.63, 3.8) is 0 Å². The molecule has 0 aliphatic heterocycles. The molecule has 0 saturated heterocycles. The smallest absolute Gasteiger partial charge is 0.259 e. The highest BCUT2D eigenvalue weighted by atomic mass is 16.5. The van der Waals surface area contributed by atoms with Gasteiger partial charge in [0.2, 0.25) is 0 Å². The number of ether oxygens (including phenoxy) is 2. The Kier molecular flexibility index (Phi) is 5.52. The number of rotatable bonds is 6. The Morgan fingerprint density at radius 2 is 1.88 bits per heavy atom. The Hall–Kier alpha value is -4.32. The monoisotopic (exact) mass is 430 g/mol. The van der Waals surface area contributed by atoms with Crippen LogP contribution in [0.3, 0.4) is 0 Å². The molecule has 1 amide bonds. The maximum absolute atomic E-state index is 12.7. The molecule has 0 radical (unpaired) electrons. The molecule has 2 heterocycles. The minimum absolute atomic E-state index is 0.226. The van der Waals surface area contributed by atoms with E-state index < -0.39 is 11.9 Å². The molecule has 4 rings (SSSR count). The number of benzene rings is 2. The maximum Gasteiger partial charge on any atom is 0.259 e. The van der Waals surface area contributed by atoms with Gasteiger partial charge in [-0.1, -0.05) is 6.07 Å². The summed E-state index contributed by atoms with van der Waals surface area (Å²) in [5.74, 6) is 0.211. The Balaban J connectivity index is 1.78. The zero-order valence-electron chi connectivity index (χ0n) is 18.2. The SMILES string of the molecule is COc1cc(-n2cnc3cc(-c4cnn(C)c4)ccc32)cc(OC)c1C(=O)NC(C)C#N. The summed E-state index contributed by atoms with van der Waals surface area (Å²) in [6.07, 6.45) is 5.47. The number of imidazole rings is 1. The number of nitrogens with zero attached hydrogens (tertiary/aromatic N) is 5. The van der Waals surface area contributed by atoms with Gasteiger partial charge < -0.3 is 14.8 Å². The molecule has 0 aliphatic rings. The predicted molar refractivity (Wildman–Crippen MR) is 119 cm³/mol. The lowest BCUT2D eigenvalue weighted by atomic mass is 10.1. The molecular formula is C23H22N6O3. The maximum atomic E-state index is 12.7. The molecule has 32 heavy (non-hydrogen) atoms. The van der Waals surface area contributed by atoms with Gasteiger partial charge in [-0.2, -0.15) is 10.4 Å². The number of aromatic nitrogens is 4. The van der Waals surface area contributed by atoms with E-state index in [4.69, 9.17) is 14.7 Å². The Morgan fingerprint density at radius 3 is 2.47 bits per heavy atom. The van der Waals surface area contributed by atoms with Crippen LogP contribution in [0.25, 0.3) is 27.8 Å². The second kappa shape index (κ2) is 8.43. The fourth-order valence-corrected chi connectivity index (χ4v) is 3.53. The lowest BCUT2D eigenvalue weighted by molar-refractivity contribution is 0.0941. The second-order valence-electron chi connectivity index (χ2n) is 7.27. The summed E-state index contributed by atoms with van der Waals surface area (Å²) in [6, 6.07) is 10.8. The molecule has 4 aromatic rings. The topological polar surface area (TPSA) is 107 Å². The van der Waals surface area contributed by atoms with Crippen LogP contribution in [0.15, 0.2) is 49.1 Å². The van der Waals surface area contributed by atoms with Gasteiger partial charge in [-0.25, -0.2) is 4.98 Å². The fraction of sp³-hybridized carbons (Fsp3) is 0.217. The minimum atomic E-state index is -0.650. The highest BCUT2D eigenvalue weighted by Gasteiger charge is 2.22. The zero-order chi connectivity index (χ0) is 22.8. The van der Waals surface area contributed by atoms with Gasteiger partial charge in [-0.15, -0.1) is 0 Å². The van der Waals surface area contributed by atoms with Gasteiger partial charge >= 0.3 is 0 Å². The van der Waals surface area contributed by atoms with Gasteiger partial charge in [0.15, 0.2) is 0 Å². The van der Waals surface area contributed by atoms with Crippen LogP contribution in [0.1, 0.15) is 17.3 Å². The van der Waals surface area contributed by atoms with Crippen LogP contribution in [0.2, 0.25) is 0 Å². The summed E-state index contributed by atoms with van der Waals surface area (Å²) in [4.78, 5) is 17.3. The van der Waals surface area contributed by atoms with Crippen molar-refractivity contribution in [3.05, 3.63) is 54.6 Å². The molecule has 9 heteroatoms. The van der Waals surface area contributed by atoms with Crippen LogP contribution in [-0.2, 0) is 7.05 Å². The summed E-state index contributed by atoms with van der Waals surface area (Å²) in [6.45, 7) is 1.60. The Labute approximate surface area is 184 Å². The van der Waals surface area contributed by atoms with Gasteiger partial charge in [0.1, 0.15) is 29.4 Å². The normalized spacial score (nSPS) is 11.7. The molecule has 0 spiro atoms. The lowest BCUT2D eigenvalue weighted by Gasteiger charge is -2.16. The van der Waals surface area contributed by atoms with E-state index in [0.29, 0.717) is 11.5 Å². The number of carbonyl (C=O) groups excluding carboxylic acids is 1. The van der Waals surface area contributed by atoms with Crippen LogP contribution in [0, 0.1) is 11.3 Å². The van der Waals surface area contributed by atoms with Crippen molar-refractivity contribution in [2.75, 3.05) is 14.2 Å². The van der Waals surface area contributed by atoms with Crippen molar-refractivity contribution in [2.45, 2.75) is 13.0 Å².